The zero-order chi connectivity index (χ0) is 24.0. The van der Waals surface area contributed by atoms with Crippen LogP contribution in [0, 0.1) is 5.82 Å². The quantitative estimate of drug-likeness (QED) is 0.301. The molecule has 6 heteroatoms. The highest BCUT2D eigenvalue weighted by Gasteiger charge is 2.30. The number of hydrogen-bond donors (Lipinski definition) is 1. The van der Waals surface area contributed by atoms with Crippen LogP contribution in [0.5, 0.6) is 11.8 Å². The maximum atomic E-state index is 14.7. The molecule has 0 bridgehead atoms. The molecule has 0 amide bonds. The molecule has 176 valence electrons. The molecule has 0 unspecified atom stereocenters. The molecule has 1 aliphatic carbocycles. The van der Waals surface area contributed by atoms with E-state index in [0.717, 1.165) is 11.1 Å². The second-order valence-corrected chi connectivity index (χ2v) is 8.56. The molecule has 4 aromatic rings. The number of carbonyl (C=O) groups is 1. The minimum atomic E-state index is -0.324. The molecular formula is C29H25FN2O3. The van der Waals surface area contributed by atoms with Gasteiger partial charge in [0.2, 0.25) is 11.8 Å². The van der Waals surface area contributed by atoms with E-state index in [1.54, 1.807) is 12.1 Å². The summed E-state index contributed by atoms with van der Waals surface area (Å²) in [6.07, 6.45) is 0.824. The van der Waals surface area contributed by atoms with Crippen molar-refractivity contribution in [3.05, 3.63) is 114 Å². The standard InChI is InChI=1S/C29H25FN2O3/c30-26-17-23(11-12-25(26)22-15-24(33)16-22)31-27-13-14-28(34-18-20-7-3-1-4-8-20)32-29(27)35-19-21-9-5-2-6-10-21/h1-14,17,22,31H,15-16,18-19H2. The molecule has 0 aliphatic heterocycles. The van der Waals surface area contributed by atoms with Gasteiger partial charge in [0.25, 0.3) is 0 Å². The van der Waals surface area contributed by atoms with Crippen LogP contribution in [-0.4, -0.2) is 10.8 Å². The topological polar surface area (TPSA) is 60.5 Å². The van der Waals surface area contributed by atoms with Crippen molar-refractivity contribution in [1.82, 2.24) is 4.98 Å². The van der Waals surface area contributed by atoms with E-state index >= 15 is 0 Å². The molecule has 1 heterocycles. The maximum Gasteiger partial charge on any atom is 0.241 e. The molecule has 1 saturated carbocycles. The summed E-state index contributed by atoms with van der Waals surface area (Å²) in [6.45, 7) is 0.711. The first-order valence-electron chi connectivity index (χ1n) is 11.6. The van der Waals surface area contributed by atoms with Gasteiger partial charge in [-0.05, 0) is 34.9 Å². The van der Waals surface area contributed by atoms with E-state index in [1.807, 2.05) is 72.8 Å². The summed E-state index contributed by atoms with van der Waals surface area (Å²) in [7, 11) is 0. The van der Waals surface area contributed by atoms with E-state index in [-0.39, 0.29) is 17.5 Å². The van der Waals surface area contributed by atoms with Crippen LogP contribution in [0.3, 0.4) is 0 Å². The van der Waals surface area contributed by atoms with Gasteiger partial charge in [-0.15, -0.1) is 0 Å². The lowest BCUT2D eigenvalue weighted by Gasteiger charge is -2.25. The van der Waals surface area contributed by atoms with E-state index in [1.165, 1.54) is 6.07 Å². The third-order valence-corrected chi connectivity index (χ3v) is 5.95. The highest BCUT2D eigenvalue weighted by Crippen LogP contribution is 2.37. The molecule has 1 aromatic heterocycles. The van der Waals surface area contributed by atoms with Crippen LogP contribution in [0.25, 0.3) is 0 Å². The van der Waals surface area contributed by atoms with E-state index < -0.39 is 0 Å². The van der Waals surface area contributed by atoms with E-state index in [9.17, 15) is 9.18 Å². The number of pyridine rings is 1. The number of nitrogens with one attached hydrogen (secondary N) is 1. The average molecular weight is 469 g/mol. The highest BCUT2D eigenvalue weighted by atomic mass is 19.1. The number of aromatic nitrogens is 1. The highest BCUT2D eigenvalue weighted by molar-refractivity contribution is 5.86. The van der Waals surface area contributed by atoms with E-state index in [0.29, 0.717) is 54.8 Å². The number of nitrogens with zero attached hydrogens (tertiary/aromatic N) is 1. The van der Waals surface area contributed by atoms with Crippen molar-refractivity contribution >= 4 is 17.2 Å². The molecule has 0 radical (unpaired) electrons. The Morgan fingerprint density at radius 1 is 0.829 bits per heavy atom. The van der Waals surface area contributed by atoms with Gasteiger partial charge in [-0.25, -0.2) is 4.39 Å². The normalized spacial score (nSPS) is 13.2. The van der Waals surface area contributed by atoms with Crippen LogP contribution < -0.4 is 14.8 Å². The van der Waals surface area contributed by atoms with Crippen LogP contribution in [0.1, 0.15) is 35.4 Å². The van der Waals surface area contributed by atoms with Crippen molar-refractivity contribution in [2.45, 2.75) is 32.0 Å². The Kier molecular flexibility index (Phi) is 6.70. The molecule has 35 heavy (non-hydrogen) atoms. The molecule has 5 rings (SSSR count). The molecule has 0 atom stereocenters. The van der Waals surface area contributed by atoms with E-state index in [2.05, 4.69) is 10.3 Å². The lowest BCUT2D eigenvalue weighted by atomic mass is 9.78. The van der Waals surface area contributed by atoms with E-state index in [4.69, 9.17) is 9.47 Å². The van der Waals surface area contributed by atoms with Crippen LogP contribution in [-0.2, 0) is 18.0 Å². The Morgan fingerprint density at radius 3 is 2.11 bits per heavy atom. The number of ether oxygens (including phenoxy) is 2. The van der Waals surface area contributed by atoms with Crippen LogP contribution in [0.2, 0.25) is 0 Å². The third-order valence-electron chi connectivity index (χ3n) is 5.95. The predicted molar refractivity (Wildman–Crippen MR) is 132 cm³/mol. The van der Waals surface area contributed by atoms with Gasteiger partial charge in [0.1, 0.15) is 30.5 Å². The first kappa shape index (κ1) is 22.6. The van der Waals surface area contributed by atoms with Gasteiger partial charge in [0, 0.05) is 30.5 Å². The molecule has 3 aromatic carbocycles. The van der Waals surface area contributed by atoms with Gasteiger partial charge in [-0.3, -0.25) is 4.79 Å². The first-order valence-corrected chi connectivity index (χ1v) is 11.6. The SMILES string of the molecule is O=C1CC(c2ccc(Nc3ccc(OCc4ccccc4)nc3OCc3ccccc3)cc2F)C1. The summed E-state index contributed by atoms with van der Waals surface area (Å²) >= 11 is 0. The van der Waals surface area contributed by atoms with Crippen molar-refractivity contribution in [2.24, 2.45) is 0 Å². The number of hydrogen-bond acceptors (Lipinski definition) is 5. The summed E-state index contributed by atoms with van der Waals surface area (Å²) in [6, 6.07) is 28.2. The summed E-state index contributed by atoms with van der Waals surface area (Å²) in [4.78, 5) is 15.9. The molecule has 5 nitrogen and oxygen atoms in total. The minimum Gasteiger partial charge on any atom is -0.473 e. The number of carbonyl (C=O) groups excluding carboxylic acids is 1. The second-order valence-electron chi connectivity index (χ2n) is 8.56. The molecular weight excluding hydrogens is 443 g/mol. The van der Waals surface area contributed by atoms with Gasteiger partial charge in [0.15, 0.2) is 0 Å². The smallest absolute Gasteiger partial charge is 0.241 e. The fourth-order valence-corrected chi connectivity index (χ4v) is 3.97. The lowest BCUT2D eigenvalue weighted by molar-refractivity contribution is -0.124. The van der Waals surface area contributed by atoms with Gasteiger partial charge >= 0.3 is 0 Å². The zero-order valence-electron chi connectivity index (χ0n) is 19.1. The monoisotopic (exact) mass is 468 g/mol. The predicted octanol–water partition coefficient (Wildman–Crippen LogP) is 6.57. The summed E-state index contributed by atoms with van der Waals surface area (Å²) in [5.41, 5.74) is 3.78. The first-order chi connectivity index (χ1) is 17.1. The Hall–Kier alpha value is -4.19. The van der Waals surface area contributed by atoms with Gasteiger partial charge < -0.3 is 14.8 Å². The van der Waals surface area contributed by atoms with Crippen molar-refractivity contribution in [2.75, 3.05) is 5.32 Å². The van der Waals surface area contributed by atoms with Crippen molar-refractivity contribution in [3.8, 4) is 11.8 Å². The second kappa shape index (κ2) is 10.4. The summed E-state index contributed by atoms with van der Waals surface area (Å²) in [5.74, 6) is 0.614. The largest absolute Gasteiger partial charge is 0.473 e. The van der Waals surface area contributed by atoms with Crippen LogP contribution >= 0.6 is 0 Å². The minimum absolute atomic E-state index is 0.0240. The lowest BCUT2D eigenvalue weighted by Crippen LogP contribution is -2.22. The van der Waals surface area contributed by atoms with Crippen molar-refractivity contribution in [3.63, 3.8) is 0 Å². The summed E-state index contributed by atoms with van der Waals surface area (Å²) in [5, 5.41) is 3.21. The average Bonchev–Trinajstić information content (AvgIpc) is 2.87. The number of ketones is 1. The molecule has 0 spiro atoms. The third kappa shape index (κ3) is 5.66. The van der Waals surface area contributed by atoms with Gasteiger partial charge in [-0.2, -0.15) is 4.98 Å². The van der Waals surface area contributed by atoms with Crippen molar-refractivity contribution < 1.29 is 18.7 Å². The number of benzene rings is 3. The van der Waals surface area contributed by atoms with Gasteiger partial charge in [-0.1, -0.05) is 66.7 Å². The molecule has 1 fully saturated rings. The number of halogens is 1. The Bertz CT molecular complexity index is 1300. The molecule has 1 aliphatic rings. The Labute approximate surface area is 203 Å². The van der Waals surface area contributed by atoms with Crippen LogP contribution in [0.15, 0.2) is 91.0 Å². The molecule has 0 saturated heterocycles. The zero-order valence-corrected chi connectivity index (χ0v) is 19.1. The number of Topliss-reactive ketones (excluding diaryl/α,β-unsaturated/α-hetero) is 1. The summed E-state index contributed by atoms with van der Waals surface area (Å²) < 4.78 is 26.6. The van der Waals surface area contributed by atoms with Crippen LogP contribution in [0.4, 0.5) is 15.8 Å². The fourth-order valence-electron chi connectivity index (χ4n) is 3.97. The maximum absolute atomic E-state index is 14.7. The number of anilines is 2. The molecule has 1 N–H and O–H groups in total. The van der Waals surface area contributed by atoms with Crippen molar-refractivity contribution in [1.29, 1.82) is 0 Å². The van der Waals surface area contributed by atoms with Gasteiger partial charge in [0.05, 0.1) is 0 Å². The Balaban J connectivity index is 1.34. The Morgan fingerprint density at radius 2 is 1.49 bits per heavy atom. The number of rotatable bonds is 9. The fraction of sp³-hybridized carbons (Fsp3) is 0.172.